The zero-order chi connectivity index (χ0) is 10.1. The highest BCUT2D eigenvalue weighted by Gasteiger charge is 2.18. The summed E-state index contributed by atoms with van der Waals surface area (Å²) in [7, 11) is 0. The summed E-state index contributed by atoms with van der Waals surface area (Å²) in [4.78, 5) is 11.0. The van der Waals surface area contributed by atoms with Crippen molar-refractivity contribution >= 4 is 17.4 Å². The number of aromatic nitrogens is 2. The second-order valence-corrected chi connectivity index (χ2v) is 4.06. The van der Waals surface area contributed by atoms with Gasteiger partial charge in [-0.3, -0.25) is 0 Å². The molecule has 76 valence electrons. The summed E-state index contributed by atoms with van der Waals surface area (Å²) in [6.07, 6.45) is 2.45. The number of hydrogen-bond donors (Lipinski definition) is 0. The van der Waals surface area contributed by atoms with Gasteiger partial charge in [0.25, 0.3) is 0 Å². The molecule has 0 bridgehead atoms. The van der Waals surface area contributed by atoms with Gasteiger partial charge in [-0.25, -0.2) is 9.97 Å². The van der Waals surface area contributed by atoms with E-state index in [1.165, 1.54) is 12.8 Å². The SMILES string of the molecule is Cc1nc(Cl)c(N2CCCC2)nc1C. The van der Waals surface area contributed by atoms with Gasteiger partial charge in [0.15, 0.2) is 11.0 Å². The molecule has 0 atom stereocenters. The third kappa shape index (κ3) is 1.69. The lowest BCUT2D eigenvalue weighted by Gasteiger charge is -2.18. The van der Waals surface area contributed by atoms with Crippen molar-refractivity contribution < 1.29 is 0 Å². The van der Waals surface area contributed by atoms with Crippen molar-refractivity contribution in [2.75, 3.05) is 18.0 Å². The Balaban J connectivity index is 2.37. The van der Waals surface area contributed by atoms with Gasteiger partial charge in [0.2, 0.25) is 0 Å². The van der Waals surface area contributed by atoms with E-state index < -0.39 is 0 Å². The lowest BCUT2D eigenvalue weighted by molar-refractivity contribution is 0.906. The quantitative estimate of drug-likeness (QED) is 0.714. The van der Waals surface area contributed by atoms with E-state index in [-0.39, 0.29) is 0 Å². The number of anilines is 1. The van der Waals surface area contributed by atoms with E-state index in [1.54, 1.807) is 0 Å². The van der Waals surface area contributed by atoms with Gasteiger partial charge in [-0.2, -0.15) is 0 Å². The average molecular weight is 212 g/mol. The van der Waals surface area contributed by atoms with Crippen LogP contribution < -0.4 is 4.90 Å². The van der Waals surface area contributed by atoms with Gasteiger partial charge in [-0.05, 0) is 26.7 Å². The van der Waals surface area contributed by atoms with Gasteiger partial charge in [0, 0.05) is 13.1 Å². The highest BCUT2D eigenvalue weighted by Crippen LogP contribution is 2.25. The van der Waals surface area contributed by atoms with Gasteiger partial charge in [0.1, 0.15) is 0 Å². The van der Waals surface area contributed by atoms with Crippen molar-refractivity contribution in [3.05, 3.63) is 16.5 Å². The molecular weight excluding hydrogens is 198 g/mol. The first-order chi connectivity index (χ1) is 6.68. The number of aryl methyl sites for hydroxylation is 2. The molecule has 1 aliphatic heterocycles. The van der Waals surface area contributed by atoms with Crippen LogP contribution in [0.25, 0.3) is 0 Å². The van der Waals surface area contributed by atoms with Crippen LogP contribution in [0, 0.1) is 13.8 Å². The van der Waals surface area contributed by atoms with E-state index in [0.29, 0.717) is 5.15 Å². The molecule has 4 heteroatoms. The first-order valence-corrected chi connectivity index (χ1v) is 5.32. The lowest BCUT2D eigenvalue weighted by Crippen LogP contribution is -2.20. The molecule has 0 spiro atoms. The monoisotopic (exact) mass is 211 g/mol. The van der Waals surface area contributed by atoms with Crippen LogP contribution in [0.3, 0.4) is 0 Å². The largest absolute Gasteiger partial charge is 0.354 e. The molecule has 1 aliphatic rings. The molecule has 1 aromatic rings. The highest BCUT2D eigenvalue weighted by molar-refractivity contribution is 6.31. The first-order valence-electron chi connectivity index (χ1n) is 4.94. The average Bonchev–Trinajstić information content (AvgIpc) is 2.64. The molecule has 3 nitrogen and oxygen atoms in total. The van der Waals surface area contributed by atoms with Gasteiger partial charge in [-0.1, -0.05) is 11.6 Å². The van der Waals surface area contributed by atoms with Crippen molar-refractivity contribution in [1.29, 1.82) is 0 Å². The van der Waals surface area contributed by atoms with Crippen LogP contribution >= 0.6 is 11.6 Å². The molecule has 1 saturated heterocycles. The first kappa shape index (κ1) is 9.71. The topological polar surface area (TPSA) is 29.0 Å². The fraction of sp³-hybridized carbons (Fsp3) is 0.600. The summed E-state index contributed by atoms with van der Waals surface area (Å²) in [6.45, 7) is 6.01. The minimum Gasteiger partial charge on any atom is -0.354 e. The lowest BCUT2D eigenvalue weighted by atomic mass is 10.3. The van der Waals surface area contributed by atoms with Crippen molar-refractivity contribution in [1.82, 2.24) is 9.97 Å². The summed E-state index contributed by atoms with van der Waals surface area (Å²) in [5, 5.41) is 0.537. The maximum absolute atomic E-state index is 6.07. The molecule has 0 amide bonds. The van der Waals surface area contributed by atoms with Crippen molar-refractivity contribution in [3.63, 3.8) is 0 Å². The van der Waals surface area contributed by atoms with Crippen LogP contribution in [-0.4, -0.2) is 23.1 Å². The van der Waals surface area contributed by atoms with E-state index in [4.69, 9.17) is 11.6 Å². The standard InChI is InChI=1S/C10H14ClN3/c1-7-8(2)13-10(9(11)12-7)14-5-3-4-6-14/h3-6H2,1-2H3. The molecule has 0 N–H and O–H groups in total. The Kier molecular flexibility index (Phi) is 2.59. The maximum Gasteiger partial charge on any atom is 0.171 e. The Morgan fingerprint density at radius 3 is 2.29 bits per heavy atom. The Bertz CT molecular complexity index is 345. The van der Waals surface area contributed by atoms with Crippen LogP contribution in [0.2, 0.25) is 5.15 Å². The van der Waals surface area contributed by atoms with Gasteiger partial charge < -0.3 is 4.90 Å². The summed E-state index contributed by atoms with van der Waals surface area (Å²) >= 11 is 6.07. The maximum atomic E-state index is 6.07. The summed E-state index contributed by atoms with van der Waals surface area (Å²) in [5.74, 6) is 0.854. The number of rotatable bonds is 1. The van der Waals surface area contributed by atoms with Crippen LogP contribution in [0.1, 0.15) is 24.2 Å². The van der Waals surface area contributed by atoms with Gasteiger partial charge in [0.05, 0.1) is 11.4 Å². The van der Waals surface area contributed by atoms with Crippen molar-refractivity contribution in [2.45, 2.75) is 26.7 Å². The van der Waals surface area contributed by atoms with Gasteiger partial charge >= 0.3 is 0 Å². The Labute approximate surface area is 89.1 Å². The van der Waals surface area contributed by atoms with Crippen LogP contribution in [0.15, 0.2) is 0 Å². The number of hydrogen-bond acceptors (Lipinski definition) is 3. The molecule has 1 fully saturated rings. The highest BCUT2D eigenvalue weighted by atomic mass is 35.5. The number of nitrogens with zero attached hydrogens (tertiary/aromatic N) is 3. The molecular formula is C10H14ClN3. The Hall–Kier alpha value is -0.830. The second kappa shape index (κ2) is 3.73. The summed E-state index contributed by atoms with van der Waals surface area (Å²) in [6, 6.07) is 0. The zero-order valence-electron chi connectivity index (χ0n) is 8.55. The van der Waals surface area contributed by atoms with Crippen molar-refractivity contribution in [3.8, 4) is 0 Å². The van der Waals surface area contributed by atoms with E-state index >= 15 is 0 Å². The van der Waals surface area contributed by atoms with Crippen molar-refractivity contribution in [2.24, 2.45) is 0 Å². The molecule has 0 aliphatic carbocycles. The second-order valence-electron chi connectivity index (χ2n) is 3.70. The predicted molar refractivity (Wildman–Crippen MR) is 58.0 cm³/mol. The predicted octanol–water partition coefficient (Wildman–Crippen LogP) is 2.35. The zero-order valence-corrected chi connectivity index (χ0v) is 9.30. The normalized spacial score (nSPS) is 16.4. The molecule has 2 heterocycles. The third-order valence-corrected chi connectivity index (χ3v) is 2.91. The minimum atomic E-state index is 0.537. The molecule has 0 radical (unpaired) electrons. The summed E-state index contributed by atoms with van der Waals surface area (Å²) in [5.41, 5.74) is 1.88. The van der Waals surface area contributed by atoms with E-state index in [1.807, 2.05) is 13.8 Å². The van der Waals surface area contributed by atoms with E-state index in [2.05, 4.69) is 14.9 Å². The molecule has 1 aromatic heterocycles. The Morgan fingerprint density at radius 2 is 1.64 bits per heavy atom. The fourth-order valence-electron chi connectivity index (χ4n) is 1.69. The molecule has 0 saturated carbocycles. The minimum absolute atomic E-state index is 0.537. The van der Waals surface area contributed by atoms with Crippen LogP contribution in [-0.2, 0) is 0 Å². The van der Waals surface area contributed by atoms with E-state index in [0.717, 1.165) is 30.3 Å². The Morgan fingerprint density at radius 1 is 1.07 bits per heavy atom. The number of halogens is 1. The third-order valence-electron chi connectivity index (χ3n) is 2.65. The smallest absolute Gasteiger partial charge is 0.171 e. The fourth-order valence-corrected chi connectivity index (χ4v) is 1.98. The molecule has 0 unspecified atom stereocenters. The molecule has 2 rings (SSSR count). The molecule has 14 heavy (non-hydrogen) atoms. The van der Waals surface area contributed by atoms with E-state index in [9.17, 15) is 0 Å². The van der Waals surface area contributed by atoms with Gasteiger partial charge in [-0.15, -0.1) is 0 Å². The molecule has 0 aromatic carbocycles. The van der Waals surface area contributed by atoms with Crippen LogP contribution in [0.4, 0.5) is 5.82 Å². The van der Waals surface area contributed by atoms with Crippen LogP contribution in [0.5, 0.6) is 0 Å². The summed E-state index contributed by atoms with van der Waals surface area (Å²) < 4.78 is 0.